The summed E-state index contributed by atoms with van der Waals surface area (Å²) in [5.41, 5.74) is -0.310. The first-order valence-corrected chi connectivity index (χ1v) is 5.32. The number of pyridine rings is 1. The molecule has 1 rings (SSSR count). The van der Waals surface area contributed by atoms with Crippen LogP contribution in [0.4, 0.5) is 13.2 Å². The molecule has 0 atom stereocenters. The van der Waals surface area contributed by atoms with E-state index in [2.05, 4.69) is 4.98 Å². The van der Waals surface area contributed by atoms with E-state index in [0.717, 1.165) is 12.1 Å². The van der Waals surface area contributed by atoms with Crippen molar-refractivity contribution in [2.45, 2.75) is 25.9 Å². The molecule has 0 radical (unpaired) electrons. The number of halogens is 3. The van der Waals surface area contributed by atoms with Crippen LogP contribution in [-0.2, 0) is 17.4 Å². The van der Waals surface area contributed by atoms with E-state index >= 15 is 0 Å². The van der Waals surface area contributed by atoms with Crippen molar-refractivity contribution >= 4 is 12.0 Å². The second kappa shape index (κ2) is 5.66. The molecular weight excluding hydrogens is 247 g/mol. The number of nitrogens with zero attached hydrogens (tertiary/aromatic N) is 1. The zero-order valence-electron chi connectivity index (χ0n) is 9.66. The third kappa shape index (κ3) is 3.87. The molecule has 0 bridgehead atoms. The van der Waals surface area contributed by atoms with E-state index in [1.54, 1.807) is 0 Å². The van der Waals surface area contributed by atoms with Gasteiger partial charge >= 0.3 is 12.1 Å². The van der Waals surface area contributed by atoms with Crippen LogP contribution in [0, 0.1) is 0 Å². The van der Waals surface area contributed by atoms with Crippen LogP contribution in [0.1, 0.15) is 30.3 Å². The Hall–Kier alpha value is -1.85. The maximum absolute atomic E-state index is 12.5. The predicted octanol–water partition coefficient (Wildman–Crippen LogP) is 3.15. The van der Waals surface area contributed by atoms with Crippen LogP contribution in [0.3, 0.4) is 0 Å². The van der Waals surface area contributed by atoms with E-state index in [4.69, 9.17) is 5.11 Å². The Morgan fingerprint density at radius 3 is 2.61 bits per heavy atom. The number of hydrogen-bond acceptors (Lipinski definition) is 2. The predicted molar refractivity (Wildman–Crippen MR) is 59.9 cm³/mol. The molecule has 0 spiro atoms. The van der Waals surface area contributed by atoms with Gasteiger partial charge in [0.25, 0.3) is 0 Å². The molecule has 6 heteroatoms. The Morgan fingerprint density at radius 1 is 1.44 bits per heavy atom. The number of hydrogen-bond donors (Lipinski definition) is 1. The van der Waals surface area contributed by atoms with Crippen molar-refractivity contribution in [1.29, 1.82) is 0 Å². The number of aliphatic carboxylic acids is 1. The van der Waals surface area contributed by atoms with Gasteiger partial charge in [0.2, 0.25) is 0 Å². The highest BCUT2D eigenvalue weighted by Crippen LogP contribution is 2.28. The van der Waals surface area contributed by atoms with Crippen molar-refractivity contribution in [2.75, 3.05) is 0 Å². The maximum atomic E-state index is 12.5. The lowest BCUT2D eigenvalue weighted by Gasteiger charge is -2.09. The standard InChI is InChI=1S/C12H12F3NO2/c1-2-3-9-8(5-7-11(17)18)4-6-10(16-9)12(13,14)15/h4-7H,2-3H2,1H3,(H,17,18). The van der Waals surface area contributed by atoms with Crippen LogP contribution in [0.5, 0.6) is 0 Å². The Bertz CT molecular complexity index is 467. The number of carboxylic acids is 1. The third-order valence-corrected chi connectivity index (χ3v) is 2.19. The van der Waals surface area contributed by atoms with E-state index in [1.807, 2.05) is 6.92 Å². The highest BCUT2D eigenvalue weighted by Gasteiger charge is 2.32. The molecule has 98 valence electrons. The van der Waals surface area contributed by atoms with E-state index in [0.29, 0.717) is 18.4 Å². The molecule has 1 aromatic heterocycles. The molecule has 0 aliphatic carbocycles. The normalized spacial score (nSPS) is 12.0. The Kier molecular flexibility index (Phi) is 4.47. The summed E-state index contributed by atoms with van der Waals surface area (Å²) in [7, 11) is 0. The number of aryl methyl sites for hydroxylation is 1. The summed E-state index contributed by atoms with van der Waals surface area (Å²) in [6.45, 7) is 1.81. The molecule has 3 nitrogen and oxygen atoms in total. The molecule has 0 aromatic carbocycles. The molecule has 0 aliphatic rings. The van der Waals surface area contributed by atoms with Crippen molar-refractivity contribution in [1.82, 2.24) is 4.98 Å². The number of carbonyl (C=O) groups is 1. The fraction of sp³-hybridized carbons (Fsp3) is 0.333. The summed E-state index contributed by atoms with van der Waals surface area (Å²) < 4.78 is 37.4. The molecule has 1 N–H and O–H groups in total. The van der Waals surface area contributed by atoms with Gasteiger partial charge in [-0.2, -0.15) is 13.2 Å². The minimum atomic E-state index is -4.49. The van der Waals surface area contributed by atoms with Gasteiger partial charge in [-0.05, 0) is 24.1 Å². The quantitative estimate of drug-likeness (QED) is 0.845. The smallest absolute Gasteiger partial charge is 0.433 e. The molecule has 18 heavy (non-hydrogen) atoms. The minimum absolute atomic E-state index is 0.254. The van der Waals surface area contributed by atoms with Crippen molar-refractivity contribution < 1.29 is 23.1 Å². The lowest BCUT2D eigenvalue weighted by molar-refractivity contribution is -0.141. The Balaban J connectivity index is 3.16. The first-order valence-electron chi connectivity index (χ1n) is 5.32. The molecule has 0 amide bonds. The molecule has 0 saturated heterocycles. The lowest BCUT2D eigenvalue weighted by Crippen LogP contribution is -2.10. The van der Waals surface area contributed by atoms with E-state index in [9.17, 15) is 18.0 Å². The summed E-state index contributed by atoms with van der Waals surface area (Å²) in [6, 6.07) is 2.08. The van der Waals surface area contributed by atoms with E-state index in [-0.39, 0.29) is 5.69 Å². The van der Waals surface area contributed by atoms with Crippen LogP contribution in [0.25, 0.3) is 6.08 Å². The van der Waals surface area contributed by atoms with Crippen LogP contribution < -0.4 is 0 Å². The summed E-state index contributed by atoms with van der Waals surface area (Å²) in [6.07, 6.45) is -1.37. The van der Waals surface area contributed by atoms with Gasteiger partial charge in [-0.1, -0.05) is 19.4 Å². The van der Waals surface area contributed by atoms with Gasteiger partial charge in [0.1, 0.15) is 5.69 Å². The molecule has 1 heterocycles. The largest absolute Gasteiger partial charge is 0.478 e. The monoisotopic (exact) mass is 259 g/mol. The number of rotatable bonds is 4. The van der Waals surface area contributed by atoms with Crippen LogP contribution in [-0.4, -0.2) is 16.1 Å². The van der Waals surface area contributed by atoms with Crippen LogP contribution >= 0.6 is 0 Å². The number of alkyl halides is 3. The maximum Gasteiger partial charge on any atom is 0.433 e. The van der Waals surface area contributed by atoms with Crippen LogP contribution in [0.2, 0.25) is 0 Å². The summed E-state index contributed by atoms with van der Waals surface area (Å²) in [4.78, 5) is 13.9. The van der Waals surface area contributed by atoms with Gasteiger partial charge < -0.3 is 5.11 Å². The van der Waals surface area contributed by atoms with Gasteiger partial charge in [-0.3, -0.25) is 0 Å². The highest BCUT2D eigenvalue weighted by atomic mass is 19.4. The fourth-order valence-electron chi connectivity index (χ4n) is 1.42. The van der Waals surface area contributed by atoms with Crippen molar-refractivity contribution in [3.8, 4) is 0 Å². The van der Waals surface area contributed by atoms with Crippen LogP contribution in [0.15, 0.2) is 18.2 Å². The fourth-order valence-corrected chi connectivity index (χ4v) is 1.42. The molecule has 0 aliphatic heterocycles. The SMILES string of the molecule is CCCc1nc(C(F)(F)F)ccc1C=CC(=O)O. The molecular formula is C12H12F3NO2. The first-order chi connectivity index (χ1) is 8.34. The van der Waals surface area contributed by atoms with Gasteiger partial charge in [0.05, 0.1) is 0 Å². The molecule has 0 saturated carbocycles. The first kappa shape index (κ1) is 14.2. The van der Waals surface area contributed by atoms with Crippen molar-refractivity contribution in [3.05, 3.63) is 35.2 Å². The van der Waals surface area contributed by atoms with Crippen molar-refractivity contribution in [2.24, 2.45) is 0 Å². The van der Waals surface area contributed by atoms with Gasteiger partial charge in [-0.15, -0.1) is 0 Å². The highest BCUT2D eigenvalue weighted by molar-refractivity contribution is 5.85. The topological polar surface area (TPSA) is 50.2 Å². The lowest BCUT2D eigenvalue weighted by atomic mass is 10.1. The van der Waals surface area contributed by atoms with Gasteiger partial charge in [-0.25, -0.2) is 9.78 Å². The van der Waals surface area contributed by atoms with Gasteiger partial charge in [0, 0.05) is 11.8 Å². The average Bonchev–Trinajstić information content (AvgIpc) is 2.26. The second-order valence-electron chi connectivity index (χ2n) is 3.65. The molecule has 0 unspecified atom stereocenters. The molecule has 0 fully saturated rings. The van der Waals surface area contributed by atoms with Gasteiger partial charge in [0.15, 0.2) is 0 Å². The summed E-state index contributed by atoms with van der Waals surface area (Å²) in [5, 5.41) is 8.49. The Morgan fingerprint density at radius 2 is 2.11 bits per heavy atom. The van der Waals surface area contributed by atoms with Crippen molar-refractivity contribution in [3.63, 3.8) is 0 Å². The third-order valence-electron chi connectivity index (χ3n) is 2.19. The van der Waals surface area contributed by atoms with E-state index in [1.165, 1.54) is 12.1 Å². The number of carboxylic acid groups (broad SMARTS) is 1. The average molecular weight is 259 g/mol. The number of aromatic nitrogens is 1. The second-order valence-corrected chi connectivity index (χ2v) is 3.65. The molecule has 1 aromatic rings. The summed E-state index contributed by atoms with van der Waals surface area (Å²) in [5.74, 6) is -1.16. The minimum Gasteiger partial charge on any atom is -0.478 e. The Labute approximate surface area is 102 Å². The summed E-state index contributed by atoms with van der Waals surface area (Å²) >= 11 is 0. The zero-order chi connectivity index (χ0) is 13.8. The zero-order valence-corrected chi connectivity index (χ0v) is 9.66. The van der Waals surface area contributed by atoms with E-state index < -0.39 is 17.8 Å².